The molecule has 29 heavy (non-hydrogen) atoms. The molecule has 0 bridgehead atoms. The lowest BCUT2D eigenvalue weighted by Gasteiger charge is -2.37. The molecule has 0 radical (unpaired) electrons. The second-order valence-electron chi connectivity index (χ2n) is 9.15. The maximum atomic E-state index is 13.1. The first kappa shape index (κ1) is 20.2. The van der Waals surface area contributed by atoms with Gasteiger partial charge in [-0.2, -0.15) is 0 Å². The number of nitrogens with zero attached hydrogens (tertiary/aromatic N) is 3. The van der Waals surface area contributed by atoms with Crippen molar-refractivity contribution >= 4 is 17.6 Å². The van der Waals surface area contributed by atoms with E-state index in [9.17, 15) is 9.59 Å². The average molecular weight is 399 g/mol. The summed E-state index contributed by atoms with van der Waals surface area (Å²) in [5.41, 5.74) is 1.81. The molecular formula is C23H34N4O2. The Balaban J connectivity index is 1.36. The molecule has 2 saturated heterocycles. The molecule has 3 fully saturated rings. The highest BCUT2D eigenvalue weighted by Crippen LogP contribution is 2.38. The van der Waals surface area contributed by atoms with Gasteiger partial charge in [-0.1, -0.05) is 31.9 Å². The molecule has 6 heteroatoms. The fourth-order valence-corrected chi connectivity index (χ4v) is 5.19. The normalized spacial score (nSPS) is 27.8. The van der Waals surface area contributed by atoms with E-state index < -0.39 is 5.54 Å². The number of anilines is 1. The third-order valence-electron chi connectivity index (χ3n) is 6.99. The van der Waals surface area contributed by atoms with Crippen molar-refractivity contribution in [1.82, 2.24) is 15.1 Å². The molecule has 2 heterocycles. The monoisotopic (exact) mass is 398 g/mol. The number of carbonyl (C=O) groups is 2. The van der Waals surface area contributed by atoms with Crippen molar-refractivity contribution in [1.29, 1.82) is 0 Å². The molecule has 1 aromatic carbocycles. The molecule has 1 aromatic rings. The van der Waals surface area contributed by atoms with Gasteiger partial charge in [0.15, 0.2) is 0 Å². The fraction of sp³-hybridized carbons (Fsp3) is 0.652. The summed E-state index contributed by atoms with van der Waals surface area (Å²) in [6.45, 7) is 5.42. The van der Waals surface area contributed by atoms with Crippen molar-refractivity contribution in [2.24, 2.45) is 5.92 Å². The summed E-state index contributed by atoms with van der Waals surface area (Å²) in [7, 11) is 1.97. The van der Waals surface area contributed by atoms with E-state index in [1.807, 2.05) is 11.9 Å². The second-order valence-corrected chi connectivity index (χ2v) is 9.15. The standard InChI is InChI=1S/C23H34N4O2/c1-18-8-4-5-13-23(18)21(28)27(22(29)24-23)17-25(2)16-19-9-11-20(12-10-19)26-14-6-3-7-15-26/h9-12,18H,3-8,13-17H2,1-2H3,(H,24,29). The Kier molecular flexibility index (Phi) is 5.81. The third kappa shape index (κ3) is 4.00. The number of imide groups is 1. The number of benzene rings is 1. The Morgan fingerprint density at radius 2 is 1.79 bits per heavy atom. The van der Waals surface area contributed by atoms with Gasteiger partial charge in [0.1, 0.15) is 5.54 Å². The number of hydrogen-bond acceptors (Lipinski definition) is 4. The first-order valence-corrected chi connectivity index (χ1v) is 11.2. The van der Waals surface area contributed by atoms with E-state index >= 15 is 0 Å². The molecule has 0 aromatic heterocycles. The van der Waals surface area contributed by atoms with Crippen LogP contribution in [0.3, 0.4) is 0 Å². The van der Waals surface area contributed by atoms with Gasteiger partial charge in [0.25, 0.3) is 5.91 Å². The van der Waals surface area contributed by atoms with Crippen molar-refractivity contribution < 1.29 is 9.59 Å². The van der Waals surface area contributed by atoms with Crippen LogP contribution < -0.4 is 10.2 Å². The molecule has 2 atom stereocenters. The predicted molar refractivity (Wildman–Crippen MR) is 115 cm³/mol. The zero-order valence-corrected chi connectivity index (χ0v) is 17.8. The molecule has 3 amide bonds. The van der Waals surface area contributed by atoms with Gasteiger partial charge in [-0.05, 0) is 62.8 Å². The third-order valence-corrected chi connectivity index (χ3v) is 6.99. The maximum absolute atomic E-state index is 13.1. The average Bonchev–Trinajstić information content (AvgIpc) is 2.96. The molecule has 1 aliphatic carbocycles. The summed E-state index contributed by atoms with van der Waals surface area (Å²) in [5.74, 6) is 0.160. The van der Waals surface area contributed by atoms with E-state index in [0.29, 0.717) is 13.2 Å². The minimum atomic E-state index is -0.674. The molecule has 6 nitrogen and oxygen atoms in total. The number of amides is 3. The summed E-state index contributed by atoms with van der Waals surface area (Å²) in [4.78, 5) is 31.6. The van der Waals surface area contributed by atoms with Crippen molar-refractivity contribution in [3.63, 3.8) is 0 Å². The molecule has 158 valence electrons. The van der Waals surface area contributed by atoms with Crippen LogP contribution in [0, 0.1) is 5.92 Å². The van der Waals surface area contributed by atoms with Crippen LogP contribution in [0.1, 0.15) is 57.4 Å². The Bertz CT molecular complexity index is 744. The van der Waals surface area contributed by atoms with E-state index in [4.69, 9.17) is 0 Å². The van der Waals surface area contributed by atoms with Crippen LogP contribution in [-0.2, 0) is 11.3 Å². The molecule has 1 saturated carbocycles. The number of carbonyl (C=O) groups excluding carboxylic acids is 2. The Labute approximate surface area is 174 Å². The van der Waals surface area contributed by atoms with Crippen LogP contribution in [0.2, 0.25) is 0 Å². The Hall–Kier alpha value is -2.08. The van der Waals surface area contributed by atoms with Gasteiger partial charge in [0.05, 0.1) is 6.67 Å². The van der Waals surface area contributed by atoms with Crippen molar-refractivity contribution in [2.45, 2.75) is 64.0 Å². The van der Waals surface area contributed by atoms with Crippen molar-refractivity contribution in [2.75, 3.05) is 31.7 Å². The Morgan fingerprint density at radius 3 is 2.48 bits per heavy atom. The van der Waals surface area contributed by atoms with Crippen LogP contribution in [0.5, 0.6) is 0 Å². The van der Waals surface area contributed by atoms with Crippen LogP contribution in [0.15, 0.2) is 24.3 Å². The van der Waals surface area contributed by atoms with Gasteiger partial charge < -0.3 is 10.2 Å². The van der Waals surface area contributed by atoms with Gasteiger partial charge in [0, 0.05) is 25.3 Å². The van der Waals surface area contributed by atoms with E-state index in [-0.39, 0.29) is 17.9 Å². The molecule has 2 aliphatic heterocycles. The van der Waals surface area contributed by atoms with Gasteiger partial charge in [-0.15, -0.1) is 0 Å². The highest BCUT2D eigenvalue weighted by molar-refractivity contribution is 6.07. The summed E-state index contributed by atoms with van der Waals surface area (Å²) < 4.78 is 0. The summed E-state index contributed by atoms with van der Waals surface area (Å²) in [5, 5.41) is 3.04. The zero-order chi connectivity index (χ0) is 20.4. The topological polar surface area (TPSA) is 55.9 Å². The van der Waals surface area contributed by atoms with Gasteiger partial charge in [-0.3, -0.25) is 9.69 Å². The van der Waals surface area contributed by atoms with Gasteiger partial charge in [0.2, 0.25) is 0 Å². The van der Waals surface area contributed by atoms with Crippen LogP contribution in [0.25, 0.3) is 0 Å². The number of rotatable bonds is 5. The first-order valence-electron chi connectivity index (χ1n) is 11.2. The SMILES string of the molecule is CC1CCCCC12NC(=O)N(CN(C)Cc1ccc(N3CCCCC3)cc1)C2=O. The largest absolute Gasteiger partial charge is 0.372 e. The molecule has 1 spiro atoms. The van der Waals surface area contributed by atoms with E-state index in [0.717, 1.165) is 38.8 Å². The molecule has 2 unspecified atom stereocenters. The number of piperidine rings is 1. The molecular weight excluding hydrogens is 364 g/mol. The van der Waals surface area contributed by atoms with Crippen molar-refractivity contribution in [3.8, 4) is 0 Å². The number of urea groups is 1. The van der Waals surface area contributed by atoms with E-state index in [1.165, 1.54) is 35.4 Å². The van der Waals surface area contributed by atoms with Crippen LogP contribution in [0.4, 0.5) is 10.5 Å². The lowest BCUT2D eigenvalue weighted by atomic mass is 9.73. The van der Waals surface area contributed by atoms with Gasteiger partial charge in [-0.25, -0.2) is 9.69 Å². The molecule has 3 aliphatic rings. The highest BCUT2D eigenvalue weighted by atomic mass is 16.2. The van der Waals surface area contributed by atoms with E-state index in [2.05, 4.69) is 41.4 Å². The second kappa shape index (κ2) is 8.34. The zero-order valence-electron chi connectivity index (χ0n) is 17.8. The highest BCUT2D eigenvalue weighted by Gasteiger charge is 2.54. The van der Waals surface area contributed by atoms with Crippen molar-refractivity contribution in [3.05, 3.63) is 29.8 Å². The lowest BCUT2D eigenvalue weighted by molar-refractivity contribution is -0.135. The number of hydrogen-bond donors (Lipinski definition) is 1. The van der Waals surface area contributed by atoms with Crippen LogP contribution >= 0.6 is 0 Å². The summed E-state index contributed by atoms with van der Waals surface area (Å²) in [6, 6.07) is 8.48. The first-order chi connectivity index (χ1) is 14.0. The van der Waals surface area contributed by atoms with E-state index in [1.54, 1.807) is 0 Å². The molecule has 1 N–H and O–H groups in total. The number of nitrogens with one attached hydrogen (secondary N) is 1. The minimum absolute atomic E-state index is 0.0398. The summed E-state index contributed by atoms with van der Waals surface area (Å²) in [6.07, 6.45) is 7.79. The maximum Gasteiger partial charge on any atom is 0.326 e. The summed E-state index contributed by atoms with van der Waals surface area (Å²) >= 11 is 0. The predicted octanol–water partition coefficient (Wildman–Crippen LogP) is 3.57. The smallest absolute Gasteiger partial charge is 0.326 e. The quantitative estimate of drug-likeness (QED) is 0.771. The van der Waals surface area contributed by atoms with Crippen LogP contribution in [-0.4, -0.2) is 54.1 Å². The fourth-order valence-electron chi connectivity index (χ4n) is 5.19. The van der Waals surface area contributed by atoms with Gasteiger partial charge >= 0.3 is 6.03 Å². The minimum Gasteiger partial charge on any atom is -0.372 e. The lowest BCUT2D eigenvalue weighted by Crippen LogP contribution is -2.54. The Morgan fingerprint density at radius 1 is 1.07 bits per heavy atom. The molecule has 4 rings (SSSR count).